The van der Waals surface area contributed by atoms with E-state index in [2.05, 4.69) is 94.0 Å². The minimum atomic E-state index is -4.06. The minimum absolute atomic E-state index is 0.0402. The molecule has 36 heavy (non-hydrogen) atoms. The summed E-state index contributed by atoms with van der Waals surface area (Å²) in [4.78, 5) is 0. The van der Waals surface area contributed by atoms with Crippen LogP contribution in [0.15, 0.2) is 17.3 Å². The molecule has 0 saturated carbocycles. The van der Waals surface area contributed by atoms with E-state index in [1.807, 2.05) is 0 Å². The number of halogens is 1. The molecule has 4 atom stereocenters. The van der Waals surface area contributed by atoms with Crippen molar-refractivity contribution >= 4 is 42.7 Å². The molecular weight excluding hydrogens is 584 g/mol. The summed E-state index contributed by atoms with van der Waals surface area (Å²) in [5.74, 6) is 0. The van der Waals surface area contributed by atoms with Crippen molar-refractivity contribution in [2.24, 2.45) is 5.73 Å². The topological polar surface area (TPSA) is 128 Å². The van der Waals surface area contributed by atoms with Crippen molar-refractivity contribution in [3.8, 4) is 0 Å². The van der Waals surface area contributed by atoms with Crippen LogP contribution in [-0.4, -0.2) is 64.5 Å². The van der Waals surface area contributed by atoms with Crippen molar-refractivity contribution < 1.29 is 26.2 Å². The van der Waals surface area contributed by atoms with Crippen molar-refractivity contribution in [3.05, 3.63) is 23.0 Å². The van der Waals surface area contributed by atoms with Gasteiger partial charge in [0, 0.05) is 5.33 Å². The summed E-state index contributed by atoms with van der Waals surface area (Å²) >= 11 is 3.40. The Morgan fingerprint density at radius 1 is 1.14 bits per heavy atom. The molecule has 0 aromatic carbocycles. The van der Waals surface area contributed by atoms with Crippen molar-refractivity contribution in [3.63, 3.8) is 0 Å². The number of ether oxygens (including phenoxy) is 1. The Morgan fingerprint density at radius 3 is 2.17 bits per heavy atom. The molecule has 1 spiro atoms. The molecule has 0 amide bonds. The third kappa shape index (κ3) is 5.42. The molecule has 1 aromatic rings. The highest BCUT2D eigenvalue weighted by atomic mass is 79.9. The standard InChI is InChI=1S/C22H41BrN4O6SSi2/c1-20(2,3)35(7,8)30-13-17-22(16(24)14-34(28,29)33-22)18(32-36(9,10)21(4,5)6)19(31-17)27-12-15(11-23)25-26-27/h12,14,17-19H,11,13,24H2,1-10H3/t17-,18+,19-,22-/m1/s1. The number of nitrogens with zero attached hydrogens (tertiary/aromatic N) is 3. The van der Waals surface area contributed by atoms with Crippen LogP contribution in [0.1, 0.15) is 53.5 Å². The maximum Gasteiger partial charge on any atom is 0.292 e. The smallest absolute Gasteiger partial charge is 0.292 e. The lowest BCUT2D eigenvalue weighted by Gasteiger charge is -2.43. The van der Waals surface area contributed by atoms with Crippen LogP contribution in [-0.2, 0) is 33.2 Å². The van der Waals surface area contributed by atoms with Crippen molar-refractivity contribution in [1.82, 2.24) is 15.0 Å². The lowest BCUT2D eigenvalue weighted by molar-refractivity contribution is -0.0595. The zero-order valence-electron chi connectivity index (χ0n) is 23.0. The van der Waals surface area contributed by atoms with Gasteiger partial charge in [-0.15, -0.1) is 5.10 Å². The Labute approximate surface area is 225 Å². The van der Waals surface area contributed by atoms with Gasteiger partial charge in [0.1, 0.15) is 12.2 Å². The van der Waals surface area contributed by atoms with Gasteiger partial charge in [-0.1, -0.05) is 62.7 Å². The Kier molecular flexibility index (Phi) is 7.93. The Bertz CT molecular complexity index is 1110. The second-order valence-corrected chi connectivity index (χ2v) is 24.2. The summed E-state index contributed by atoms with van der Waals surface area (Å²) in [6.45, 7) is 21.3. The fraction of sp³-hybridized carbons (Fsp3) is 0.818. The highest BCUT2D eigenvalue weighted by Crippen LogP contribution is 2.52. The Morgan fingerprint density at radius 2 is 1.72 bits per heavy atom. The number of rotatable bonds is 7. The molecule has 206 valence electrons. The summed E-state index contributed by atoms with van der Waals surface area (Å²) in [7, 11) is -8.75. The summed E-state index contributed by atoms with van der Waals surface area (Å²) in [6, 6.07) is 0. The summed E-state index contributed by atoms with van der Waals surface area (Å²) in [6.07, 6.45) is -0.829. The molecule has 2 aliphatic heterocycles. The van der Waals surface area contributed by atoms with Gasteiger partial charge in [-0.05, 0) is 36.3 Å². The highest BCUT2D eigenvalue weighted by Gasteiger charge is 2.67. The molecular formula is C22H41BrN4O6SSi2. The predicted molar refractivity (Wildman–Crippen MR) is 147 cm³/mol. The zero-order valence-corrected chi connectivity index (χ0v) is 27.4. The lowest BCUT2D eigenvalue weighted by Crippen LogP contribution is -2.59. The Hall–Kier alpha value is -0.616. The van der Waals surface area contributed by atoms with Crippen LogP contribution >= 0.6 is 15.9 Å². The van der Waals surface area contributed by atoms with Crippen LogP contribution in [0.4, 0.5) is 0 Å². The van der Waals surface area contributed by atoms with Crippen LogP contribution in [0.25, 0.3) is 0 Å². The van der Waals surface area contributed by atoms with E-state index in [9.17, 15) is 8.42 Å². The summed E-state index contributed by atoms with van der Waals surface area (Å²) in [5, 5.41) is 9.67. The van der Waals surface area contributed by atoms with Crippen LogP contribution in [0.2, 0.25) is 36.3 Å². The van der Waals surface area contributed by atoms with Gasteiger partial charge < -0.3 is 19.3 Å². The van der Waals surface area contributed by atoms with Crippen LogP contribution in [0, 0.1) is 0 Å². The number of aromatic nitrogens is 3. The second-order valence-electron chi connectivity index (χ2n) is 12.7. The average molecular weight is 626 g/mol. The van der Waals surface area contributed by atoms with Crippen molar-refractivity contribution in [2.75, 3.05) is 6.61 Å². The summed E-state index contributed by atoms with van der Waals surface area (Å²) < 4.78 is 52.8. The van der Waals surface area contributed by atoms with E-state index in [1.165, 1.54) is 0 Å². The highest BCUT2D eigenvalue weighted by molar-refractivity contribution is 9.08. The fourth-order valence-electron chi connectivity index (χ4n) is 3.70. The molecule has 1 aromatic heterocycles. The van der Waals surface area contributed by atoms with Gasteiger partial charge >= 0.3 is 0 Å². The van der Waals surface area contributed by atoms with Gasteiger partial charge in [0.05, 0.1) is 29.6 Å². The van der Waals surface area contributed by atoms with Gasteiger partial charge in [0.25, 0.3) is 10.1 Å². The molecule has 0 bridgehead atoms. The maximum absolute atomic E-state index is 12.8. The van der Waals surface area contributed by atoms with E-state index in [0.29, 0.717) is 11.0 Å². The second kappa shape index (κ2) is 9.54. The molecule has 0 aliphatic carbocycles. The first-order valence-electron chi connectivity index (χ1n) is 12.0. The Balaban J connectivity index is 2.14. The van der Waals surface area contributed by atoms with Gasteiger partial charge in [0.15, 0.2) is 28.5 Å². The number of nitrogens with two attached hydrogens (primary N) is 1. The molecule has 1 fully saturated rings. The molecule has 0 unspecified atom stereocenters. The molecule has 14 heteroatoms. The number of hydrogen-bond donors (Lipinski definition) is 1. The maximum atomic E-state index is 12.8. The molecule has 2 N–H and O–H groups in total. The van der Waals surface area contributed by atoms with E-state index in [1.54, 1.807) is 10.9 Å². The van der Waals surface area contributed by atoms with Crippen LogP contribution < -0.4 is 5.73 Å². The SMILES string of the molecule is CC(C)(C)[Si](C)(C)OC[C@H]1O[C@@H](n2cc(CBr)nn2)[C@H](O[Si](C)(C)C(C)(C)C)[C@]12OS(=O)(=O)C=C2N. The monoisotopic (exact) mass is 624 g/mol. The first-order valence-corrected chi connectivity index (χ1v) is 20.4. The van der Waals surface area contributed by atoms with Gasteiger partial charge in [-0.3, -0.25) is 0 Å². The predicted octanol–water partition coefficient (Wildman–Crippen LogP) is 4.38. The summed E-state index contributed by atoms with van der Waals surface area (Å²) in [5.41, 5.74) is 5.61. The molecule has 3 heterocycles. The fourth-order valence-corrected chi connectivity index (χ4v) is 7.47. The van der Waals surface area contributed by atoms with Gasteiger partial charge in [-0.2, -0.15) is 8.42 Å². The van der Waals surface area contributed by atoms with E-state index in [4.69, 9.17) is 23.5 Å². The molecule has 1 saturated heterocycles. The van der Waals surface area contributed by atoms with Gasteiger partial charge in [-0.25, -0.2) is 8.86 Å². The number of hydrogen-bond acceptors (Lipinski definition) is 9. The minimum Gasteiger partial charge on any atom is -0.414 e. The molecule has 10 nitrogen and oxygen atoms in total. The third-order valence-electron chi connectivity index (χ3n) is 8.03. The first-order chi connectivity index (χ1) is 16.2. The zero-order chi connectivity index (χ0) is 27.5. The quantitative estimate of drug-likeness (QED) is 0.267. The number of alkyl halides is 1. The van der Waals surface area contributed by atoms with Crippen LogP contribution in [0.5, 0.6) is 0 Å². The molecule has 2 aliphatic rings. The van der Waals surface area contributed by atoms with E-state index >= 15 is 0 Å². The largest absolute Gasteiger partial charge is 0.414 e. The average Bonchev–Trinajstić information content (AvgIpc) is 3.34. The van der Waals surface area contributed by atoms with E-state index in [0.717, 1.165) is 5.41 Å². The first kappa shape index (κ1) is 29.9. The normalized spacial score (nSPS) is 29.2. The molecule has 3 rings (SSSR count). The lowest BCUT2D eigenvalue weighted by atomic mass is 9.89. The molecule has 0 radical (unpaired) electrons. The van der Waals surface area contributed by atoms with E-state index < -0.39 is 50.8 Å². The van der Waals surface area contributed by atoms with Crippen LogP contribution in [0.3, 0.4) is 0 Å². The third-order valence-corrected chi connectivity index (χ3v) is 18.6. The van der Waals surface area contributed by atoms with Crippen molar-refractivity contribution in [2.45, 2.75) is 107 Å². The van der Waals surface area contributed by atoms with Gasteiger partial charge in [0.2, 0.25) is 0 Å². The van der Waals surface area contributed by atoms with Crippen molar-refractivity contribution in [1.29, 1.82) is 0 Å². The van der Waals surface area contributed by atoms with E-state index in [-0.39, 0.29) is 22.4 Å².